The lowest BCUT2D eigenvalue weighted by Gasteiger charge is -2.17. The Hall–Kier alpha value is -0.0800. The lowest BCUT2D eigenvalue weighted by Crippen LogP contribution is -2.16. The molecule has 0 aromatic rings. The molecule has 3 atom stereocenters. The van der Waals surface area contributed by atoms with E-state index >= 15 is 0 Å². The van der Waals surface area contributed by atoms with E-state index in [1.165, 1.54) is 0 Å². The minimum atomic E-state index is -0.110. The Morgan fingerprint density at radius 2 is 2.31 bits per heavy atom. The molecule has 78 valence electrons. The molecule has 1 N–H and O–H groups in total. The van der Waals surface area contributed by atoms with Crippen LogP contribution in [0.3, 0.4) is 0 Å². The molecule has 0 radical (unpaired) electrons. The van der Waals surface area contributed by atoms with E-state index in [1.54, 1.807) is 0 Å². The second-order valence-corrected chi connectivity index (χ2v) is 4.37. The smallest absolute Gasteiger partial charge is 0.0546 e. The molecule has 0 amide bonds. The molecule has 0 spiro atoms. The molecule has 2 nitrogen and oxygen atoms in total. The molecular weight excluding hydrogens is 164 g/mol. The van der Waals surface area contributed by atoms with Gasteiger partial charge in [-0.25, -0.2) is 0 Å². The third-order valence-corrected chi connectivity index (χ3v) is 3.00. The number of ether oxygens (including phenoxy) is 1. The van der Waals surface area contributed by atoms with E-state index in [4.69, 9.17) is 4.74 Å². The van der Waals surface area contributed by atoms with Gasteiger partial charge in [0.2, 0.25) is 0 Å². The van der Waals surface area contributed by atoms with Gasteiger partial charge in [-0.05, 0) is 31.1 Å². The van der Waals surface area contributed by atoms with Crippen LogP contribution in [0.4, 0.5) is 0 Å². The Bertz CT molecular complexity index is 130. The second-order valence-electron chi connectivity index (χ2n) is 4.37. The zero-order valence-electron chi connectivity index (χ0n) is 8.83. The first-order valence-corrected chi connectivity index (χ1v) is 5.48. The van der Waals surface area contributed by atoms with Crippen molar-refractivity contribution in [3.8, 4) is 0 Å². The van der Waals surface area contributed by atoms with Crippen molar-refractivity contribution in [3.63, 3.8) is 0 Å². The van der Waals surface area contributed by atoms with Crippen LogP contribution >= 0.6 is 0 Å². The molecule has 1 saturated heterocycles. The van der Waals surface area contributed by atoms with E-state index in [2.05, 4.69) is 13.8 Å². The van der Waals surface area contributed by atoms with Crippen LogP contribution in [0.5, 0.6) is 0 Å². The molecule has 13 heavy (non-hydrogen) atoms. The van der Waals surface area contributed by atoms with E-state index in [0.29, 0.717) is 11.8 Å². The largest absolute Gasteiger partial charge is 0.393 e. The minimum absolute atomic E-state index is 0.110. The average molecular weight is 186 g/mol. The predicted molar refractivity (Wildman–Crippen MR) is 53.6 cm³/mol. The molecule has 2 heteroatoms. The normalized spacial score (nSPS) is 27.5. The highest BCUT2D eigenvalue weighted by molar-refractivity contribution is 4.70. The minimum Gasteiger partial charge on any atom is -0.393 e. The Morgan fingerprint density at radius 3 is 2.85 bits per heavy atom. The van der Waals surface area contributed by atoms with Gasteiger partial charge >= 0.3 is 0 Å². The Morgan fingerprint density at radius 1 is 1.54 bits per heavy atom. The van der Waals surface area contributed by atoms with Crippen LogP contribution in [0, 0.1) is 11.8 Å². The van der Waals surface area contributed by atoms with Gasteiger partial charge in [0, 0.05) is 13.2 Å². The number of aliphatic hydroxyl groups excluding tert-OH is 1. The van der Waals surface area contributed by atoms with Gasteiger partial charge in [0.15, 0.2) is 0 Å². The summed E-state index contributed by atoms with van der Waals surface area (Å²) in [5.74, 6) is 1.26. The maximum absolute atomic E-state index is 9.76. The highest BCUT2D eigenvalue weighted by atomic mass is 16.5. The van der Waals surface area contributed by atoms with Crippen LogP contribution in [-0.2, 0) is 4.74 Å². The first kappa shape index (κ1) is 11.0. The Kier molecular flexibility index (Phi) is 4.74. The average Bonchev–Trinajstić information content (AvgIpc) is 2.56. The number of aliphatic hydroxyl groups is 1. The number of hydrogen-bond donors (Lipinski definition) is 1. The van der Waals surface area contributed by atoms with Crippen molar-refractivity contribution >= 4 is 0 Å². The maximum atomic E-state index is 9.76. The van der Waals surface area contributed by atoms with Crippen molar-refractivity contribution in [1.29, 1.82) is 0 Å². The van der Waals surface area contributed by atoms with Gasteiger partial charge in [-0.2, -0.15) is 0 Å². The van der Waals surface area contributed by atoms with Gasteiger partial charge in [-0.3, -0.25) is 0 Å². The van der Waals surface area contributed by atoms with E-state index in [9.17, 15) is 5.11 Å². The summed E-state index contributed by atoms with van der Waals surface area (Å²) >= 11 is 0. The Labute approximate surface area is 81.3 Å². The van der Waals surface area contributed by atoms with Crippen molar-refractivity contribution in [2.24, 2.45) is 11.8 Å². The SMILES string of the molecule is CCC(C)CC(O)CC1CCOC1. The summed E-state index contributed by atoms with van der Waals surface area (Å²) in [5, 5.41) is 9.76. The molecule has 1 rings (SSSR count). The van der Waals surface area contributed by atoms with Gasteiger partial charge in [-0.1, -0.05) is 20.3 Å². The zero-order valence-corrected chi connectivity index (χ0v) is 8.83. The summed E-state index contributed by atoms with van der Waals surface area (Å²) in [4.78, 5) is 0. The van der Waals surface area contributed by atoms with Crippen molar-refractivity contribution in [1.82, 2.24) is 0 Å². The fourth-order valence-corrected chi connectivity index (χ4v) is 1.88. The lowest BCUT2D eigenvalue weighted by molar-refractivity contribution is 0.108. The molecule has 0 saturated carbocycles. The van der Waals surface area contributed by atoms with Crippen LogP contribution in [0.25, 0.3) is 0 Å². The van der Waals surface area contributed by atoms with Gasteiger partial charge in [0.1, 0.15) is 0 Å². The molecule has 3 unspecified atom stereocenters. The van der Waals surface area contributed by atoms with Crippen molar-refractivity contribution in [3.05, 3.63) is 0 Å². The predicted octanol–water partition coefficient (Wildman–Crippen LogP) is 2.21. The quantitative estimate of drug-likeness (QED) is 0.713. The summed E-state index contributed by atoms with van der Waals surface area (Å²) < 4.78 is 5.28. The van der Waals surface area contributed by atoms with E-state index < -0.39 is 0 Å². The van der Waals surface area contributed by atoms with Crippen LogP contribution in [0.1, 0.15) is 39.5 Å². The monoisotopic (exact) mass is 186 g/mol. The maximum Gasteiger partial charge on any atom is 0.0546 e. The fourth-order valence-electron chi connectivity index (χ4n) is 1.88. The number of rotatable bonds is 5. The van der Waals surface area contributed by atoms with Crippen LogP contribution < -0.4 is 0 Å². The second kappa shape index (κ2) is 5.61. The molecule has 1 aliphatic rings. The highest BCUT2D eigenvalue weighted by Gasteiger charge is 2.20. The van der Waals surface area contributed by atoms with Gasteiger partial charge < -0.3 is 9.84 Å². The highest BCUT2D eigenvalue weighted by Crippen LogP contribution is 2.21. The van der Waals surface area contributed by atoms with E-state index in [1.807, 2.05) is 0 Å². The summed E-state index contributed by atoms with van der Waals surface area (Å²) in [6, 6.07) is 0. The fraction of sp³-hybridized carbons (Fsp3) is 1.00. The zero-order chi connectivity index (χ0) is 9.68. The standard InChI is InChI=1S/C11H22O2/c1-3-9(2)6-11(12)7-10-4-5-13-8-10/h9-12H,3-8H2,1-2H3. The molecule has 1 aliphatic heterocycles. The van der Waals surface area contributed by atoms with Gasteiger partial charge in [-0.15, -0.1) is 0 Å². The van der Waals surface area contributed by atoms with Gasteiger partial charge in [0.05, 0.1) is 6.10 Å². The van der Waals surface area contributed by atoms with Gasteiger partial charge in [0.25, 0.3) is 0 Å². The van der Waals surface area contributed by atoms with Crippen LogP contribution in [-0.4, -0.2) is 24.4 Å². The first-order valence-electron chi connectivity index (χ1n) is 5.48. The first-order chi connectivity index (χ1) is 6.22. The Balaban J connectivity index is 2.12. The molecule has 0 bridgehead atoms. The third-order valence-electron chi connectivity index (χ3n) is 3.00. The summed E-state index contributed by atoms with van der Waals surface area (Å²) in [6.07, 6.45) is 4.08. The molecule has 1 heterocycles. The van der Waals surface area contributed by atoms with Crippen molar-refractivity contribution < 1.29 is 9.84 Å². The molecular formula is C11H22O2. The summed E-state index contributed by atoms with van der Waals surface area (Å²) in [6.45, 7) is 6.13. The molecule has 0 aromatic heterocycles. The number of hydrogen-bond acceptors (Lipinski definition) is 2. The van der Waals surface area contributed by atoms with E-state index in [-0.39, 0.29) is 6.10 Å². The molecule has 1 fully saturated rings. The van der Waals surface area contributed by atoms with Crippen LogP contribution in [0.2, 0.25) is 0 Å². The summed E-state index contributed by atoms with van der Waals surface area (Å²) in [5.41, 5.74) is 0. The third kappa shape index (κ3) is 4.10. The lowest BCUT2D eigenvalue weighted by atomic mass is 9.93. The van der Waals surface area contributed by atoms with Crippen molar-refractivity contribution in [2.45, 2.75) is 45.6 Å². The van der Waals surface area contributed by atoms with Crippen molar-refractivity contribution in [2.75, 3.05) is 13.2 Å². The van der Waals surface area contributed by atoms with E-state index in [0.717, 1.165) is 38.9 Å². The van der Waals surface area contributed by atoms with Crippen LogP contribution in [0.15, 0.2) is 0 Å². The molecule has 0 aliphatic carbocycles. The topological polar surface area (TPSA) is 29.5 Å². The summed E-state index contributed by atoms with van der Waals surface area (Å²) in [7, 11) is 0. The molecule has 0 aromatic carbocycles.